The number of nitrogens with two attached hydrogens (primary N) is 1. The van der Waals surface area contributed by atoms with Crippen LogP contribution in [0.2, 0.25) is 0 Å². The van der Waals surface area contributed by atoms with Crippen molar-refractivity contribution in [2.45, 2.75) is 19.3 Å². The third-order valence-electron chi connectivity index (χ3n) is 5.84. The van der Waals surface area contributed by atoms with Crippen molar-refractivity contribution in [3.63, 3.8) is 0 Å². The summed E-state index contributed by atoms with van der Waals surface area (Å²) in [6.07, 6.45) is -4.54. The number of halogens is 4. The zero-order valence-corrected chi connectivity index (χ0v) is 22.3. The van der Waals surface area contributed by atoms with Crippen molar-refractivity contribution in [3.05, 3.63) is 131 Å². The number of hydrogen-bond donors (Lipinski definition) is 3. The van der Waals surface area contributed by atoms with Gasteiger partial charge in [0, 0.05) is 0 Å². The standard InChI is InChI=1S/C29H23AsF4N3O2/c31-23-11-5-7-19(15-23)17-36-27(38)20-9-6-10-22(16-20)30(35)26-14-4-2-12-24(26)28(39)37-18-21-8-1-3-13-25(21)29(32,33)34/h1,3-16H,17-18,35H2,(H,36,38)(H,37,39). The summed E-state index contributed by atoms with van der Waals surface area (Å²) in [5.41, 5.74) is 0.305. The van der Waals surface area contributed by atoms with Crippen LogP contribution in [-0.2, 0) is 19.3 Å². The van der Waals surface area contributed by atoms with E-state index in [2.05, 4.69) is 16.7 Å². The Morgan fingerprint density at radius 3 is 2.38 bits per heavy atom. The number of carbonyl (C=O) groups excluding carboxylic acids is 2. The molecule has 5 nitrogen and oxygen atoms in total. The van der Waals surface area contributed by atoms with Gasteiger partial charge in [0.05, 0.1) is 0 Å². The molecular formula is C29H23AsF4N3O2. The first kappa shape index (κ1) is 28.1. The number of alkyl halides is 3. The molecule has 4 aromatic carbocycles. The molecule has 0 saturated heterocycles. The van der Waals surface area contributed by atoms with Crippen LogP contribution in [0, 0.1) is 11.9 Å². The van der Waals surface area contributed by atoms with Crippen molar-refractivity contribution in [2.75, 3.05) is 0 Å². The van der Waals surface area contributed by atoms with Gasteiger partial charge in [0.1, 0.15) is 0 Å². The first-order chi connectivity index (χ1) is 18.6. The number of amides is 2. The summed E-state index contributed by atoms with van der Waals surface area (Å²) in [6.45, 7) is -0.178. The van der Waals surface area contributed by atoms with Gasteiger partial charge >= 0.3 is 228 Å². The summed E-state index contributed by atoms with van der Waals surface area (Å²) < 4.78 is 61.2. The predicted molar refractivity (Wildman–Crippen MR) is 141 cm³/mol. The van der Waals surface area contributed by atoms with Crippen LogP contribution in [0.5, 0.6) is 0 Å². The van der Waals surface area contributed by atoms with Gasteiger partial charge in [-0.05, 0) is 0 Å². The van der Waals surface area contributed by atoms with Crippen molar-refractivity contribution in [2.24, 2.45) is 4.65 Å². The quantitative estimate of drug-likeness (QED) is 0.215. The zero-order valence-electron chi connectivity index (χ0n) is 20.4. The van der Waals surface area contributed by atoms with Crippen molar-refractivity contribution in [1.29, 1.82) is 0 Å². The Labute approximate surface area is 227 Å². The SMILES string of the molecule is N[As](c1cccc(C(=O)NCc2cccc(F)c2)c1)c1cc[c]cc1C(=O)NCc1ccccc1C(F)(F)F. The summed E-state index contributed by atoms with van der Waals surface area (Å²) in [7, 11) is 0. The molecule has 0 heterocycles. The van der Waals surface area contributed by atoms with E-state index in [1.807, 2.05) is 0 Å². The topological polar surface area (TPSA) is 84.2 Å². The monoisotopic (exact) mass is 596 g/mol. The Bertz CT molecular complexity index is 1490. The van der Waals surface area contributed by atoms with Crippen LogP contribution in [0.4, 0.5) is 17.6 Å². The minimum atomic E-state index is -4.54. The van der Waals surface area contributed by atoms with Crippen LogP contribution in [0.1, 0.15) is 37.4 Å². The fourth-order valence-corrected chi connectivity index (χ4v) is 6.97. The predicted octanol–water partition coefficient (Wildman–Crippen LogP) is 3.57. The van der Waals surface area contributed by atoms with Gasteiger partial charge in [-0.2, -0.15) is 0 Å². The molecule has 0 aliphatic carbocycles. The van der Waals surface area contributed by atoms with E-state index in [1.165, 1.54) is 36.4 Å². The van der Waals surface area contributed by atoms with Gasteiger partial charge in [0.2, 0.25) is 0 Å². The molecule has 39 heavy (non-hydrogen) atoms. The fraction of sp³-hybridized carbons (Fsp3) is 0.103. The van der Waals surface area contributed by atoms with E-state index in [0.29, 0.717) is 19.8 Å². The number of nitrogens with one attached hydrogen (secondary N) is 2. The van der Waals surface area contributed by atoms with E-state index < -0.39 is 38.3 Å². The van der Waals surface area contributed by atoms with E-state index in [4.69, 9.17) is 4.65 Å². The maximum atomic E-state index is 13.4. The normalized spacial score (nSPS) is 12.0. The molecule has 0 aliphatic heterocycles. The van der Waals surface area contributed by atoms with Crippen LogP contribution in [-0.4, -0.2) is 26.7 Å². The van der Waals surface area contributed by atoms with Crippen molar-refractivity contribution in [1.82, 2.24) is 10.6 Å². The van der Waals surface area contributed by atoms with Crippen molar-refractivity contribution < 1.29 is 27.2 Å². The molecule has 0 fully saturated rings. The first-order valence-electron chi connectivity index (χ1n) is 11.7. The number of hydrogen-bond acceptors (Lipinski definition) is 3. The third kappa shape index (κ3) is 7.13. The Kier molecular flexibility index (Phi) is 8.84. The van der Waals surface area contributed by atoms with Crippen LogP contribution in [0.3, 0.4) is 0 Å². The summed E-state index contributed by atoms with van der Waals surface area (Å²) in [6, 6.07) is 25.2. The van der Waals surface area contributed by atoms with E-state index in [1.54, 1.807) is 48.5 Å². The molecule has 1 atom stereocenters. The molecule has 2 amide bonds. The summed E-state index contributed by atoms with van der Waals surface area (Å²) >= 11 is -2.58. The van der Waals surface area contributed by atoms with Gasteiger partial charge in [0.15, 0.2) is 0 Å². The molecule has 0 saturated carbocycles. The molecule has 4 N–H and O–H groups in total. The molecular weight excluding hydrogens is 573 g/mol. The Hall–Kier alpha value is -3.94. The first-order valence-corrected chi connectivity index (χ1v) is 14.7. The maximum absolute atomic E-state index is 13.4. The number of benzene rings is 4. The molecule has 0 spiro atoms. The van der Waals surface area contributed by atoms with E-state index in [0.717, 1.165) is 6.07 Å². The van der Waals surface area contributed by atoms with Gasteiger partial charge in [0.25, 0.3) is 0 Å². The molecule has 4 aromatic rings. The second kappa shape index (κ2) is 12.3. The van der Waals surface area contributed by atoms with Crippen LogP contribution >= 0.6 is 0 Å². The second-order valence-electron chi connectivity index (χ2n) is 8.51. The van der Waals surface area contributed by atoms with Crippen molar-refractivity contribution >= 4 is 35.4 Å². The number of rotatable bonds is 8. The third-order valence-corrected chi connectivity index (χ3v) is 9.49. The van der Waals surface area contributed by atoms with Gasteiger partial charge in [-0.15, -0.1) is 0 Å². The van der Waals surface area contributed by atoms with Gasteiger partial charge < -0.3 is 0 Å². The Balaban J connectivity index is 1.49. The molecule has 0 bridgehead atoms. The molecule has 4 rings (SSSR count). The number of carbonyl (C=O) groups is 2. The van der Waals surface area contributed by atoms with Crippen LogP contribution < -0.4 is 24.0 Å². The average Bonchev–Trinajstić information content (AvgIpc) is 2.94. The molecule has 1 radical (unpaired) electrons. The van der Waals surface area contributed by atoms with Crippen LogP contribution in [0.15, 0.2) is 91.0 Å². The molecule has 0 aromatic heterocycles. The summed E-state index contributed by atoms with van der Waals surface area (Å²) in [5, 5.41) is 5.30. The van der Waals surface area contributed by atoms with Crippen molar-refractivity contribution in [3.8, 4) is 0 Å². The molecule has 0 aliphatic rings. The van der Waals surface area contributed by atoms with E-state index in [-0.39, 0.29) is 30.1 Å². The van der Waals surface area contributed by atoms with E-state index >= 15 is 0 Å². The van der Waals surface area contributed by atoms with Gasteiger partial charge in [-0.25, -0.2) is 0 Å². The van der Waals surface area contributed by atoms with E-state index in [9.17, 15) is 27.2 Å². The van der Waals surface area contributed by atoms with Crippen LogP contribution in [0.25, 0.3) is 0 Å². The van der Waals surface area contributed by atoms with Gasteiger partial charge in [-0.3, -0.25) is 0 Å². The molecule has 10 heteroatoms. The zero-order chi connectivity index (χ0) is 28.0. The minimum absolute atomic E-state index is 0.0566. The molecule has 1 unspecified atom stereocenters. The fourth-order valence-electron chi connectivity index (χ4n) is 3.90. The Morgan fingerprint density at radius 2 is 1.62 bits per heavy atom. The summed E-state index contributed by atoms with van der Waals surface area (Å²) in [4.78, 5) is 25.7. The van der Waals surface area contributed by atoms with Gasteiger partial charge in [-0.1, -0.05) is 0 Å². The second-order valence-corrected chi connectivity index (χ2v) is 12.2. The molecule has 199 valence electrons. The Morgan fingerprint density at radius 1 is 0.872 bits per heavy atom. The summed E-state index contributed by atoms with van der Waals surface area (Å²) in [5.74, 6) is -1.34. The average molecular weight is 596 g/mol.